The average molecular weight is 515 g/mol. The third kappa shape index (κ3) is 6.28. The molecule has 0 aromatic heterocycles. The first-order valence-electron chi connectivity index (χ1n) is 12.3. The van der Waals surface area contributed by atoms with Crippen LogP contribution in [0.4, 0.5) is 0 Å². The predicted octanol–water partition coefficient (Wildman–Crippen LogP) is 6.58. The standard InChI is InChI=1S/C28H38O5SSi/c1-7-18-29-25-24(33-35(5,6)28(2,3)4)23-22(31-27(25)34-21-16-12-9-13-17-21)19-30-26(32-23)20-14-10-8-11-15-20/h7-17,22-27H,1,18-19H2,2-6H3/t22-,23-,24+,25+,26?,27-/m1/s1. The number of hydrogen-bond donors (Lipinski definition) is 0. The molecule has 2 fully saturated rings. The van der Waals surface area contributed by atoms with E-state index >= 15 is 0 Å². The number of thioether (sulfide) groups is 1. The zero-order valence-corrected chi connectivity index (χ0v) is 23.2. The van der Waals surface area contributed by atoms with Crippen molar-refractivity contribution in [1.82, 2.24) is 0 Å². The molecule has 2 aromatic rings. The van der Waals surface area contributed by atoms with Gasteiger partial charge >= 0.3 is 0 Å². The van der Waals surface area contributed by atoms with Crippen LogP contribution in [0.3, 0.4) is 0 Å². The maximum atomic E-state index is 7.08. The van der Waals surface area contributed by atoms with Gasteiger partial charge in [0, 0.05) is 10.5 Å². The Morgan fingerprint density at radius 3 is 2.29 bits per heavy atom. The number of hydrogen-bond acceptors (Lipinski definition) is 6. The molecule has 5 nitrogen and oxygen atoms in total. The smallest absolute Gasteiger partial charge is 0.192 e. The SMILES string of the molecule is C=CCO[C@H]1[C@@H](O[Si](C)(C)C(C)(C)C)[C@@H]2OC(c3ccccc3)OC[C@H]2O[C@@H]1Sc1ccccc1. The zero-order chi connectivity index (χ0) is 25.1. The van der Waals surface area contributed by atoms with Crippen molar-refractivity contribution in [2.45, 2.75) is 79.9 Å². The molecule has 35 heavy (non-hydrogen) atoms. The molecule has 0 spiro atoms. The van der Waals surface area contributed by atoms with Gasteiger partial charge in [0.15, 0.2) is 14.6 Å². The molecule has 2 saturated heterocycles. The van der Waals surface area contributed by atoms with E-state index in [-0.39, 0.29) is 34.9 Å². The molecule has 0 amide bonds. The molecule has 2 aromatic carbocycles. The second-order valence-electron chi connectivity index (χ2n) is 10.6. The minimum Gasteiger partial charge on any atom is -0.408 e. The summed E-state index contributed by atoms with van der Waals surface area (Å²) in [6.07, 6.45) is 0.108. The average Bonchev–Trinajstić information content (AvgIpc) is 2.84. The lowest BCUT2D eigenvalue weighted by molar-refractivity contribution is -0.319. The van der Waals surface area contributed by atoms with E-state index in [9.17, 15) is 0 Å². The first kappa shape index (κ1) is 26.6. The Kier molecular flexibility index (Phi) is 8.59. The van der Waals surface area contributed by atoms with Crippen molar-refractivity contribution < 1.29 is 23.4 Å². The quantitative estimate of drug-likeness (QED) is 0.293. The van der Waals surface area contributed by atoms with Gasteiger partial charge in [0.25, 0.3) is 0 Å². The van der Waals surface area contributed by atoms with Gasteiger partial charge in [0.2, 0.25) is 0 Å². The fourth-order valence-electron chi connectivity index (χ4n) is 4.06. The molecule has 0 N–H and O–H groups in total. The van der Waals surface area contributed by atoms with E-state index in [2.05, 4.69) is 52.6 Å². The lowest BCUT2D eigenvalue weighted by Gasteiger charge is -2.52. The van der Waals surface area contributed by atoms with Crippen LogP contribution in [0.2, 0.25) is 18.1 Å². The summed E-state index contributed by atoms with van der Waals surface area (Å²) in [5.74, 6) is 0. The lowest BCUT2D eigenvalue weighted by atomic mass is 9.98. The van der Waals surface area contributed by atoms with Gasteiger partial charge in [-0.1, -0.05) is 87.1 Å². The maximum absolute atomic E-state index is 7.08. The molecule has 2 heterocycles. The Bertz CT molecular complexity index is 949. The van der Waals surface area contributed by atoms with Crippen molar-refractivity contribution in [3.63, 3.8) is 0 Å². The van der Waals surface area contributed by atoms with Gasteiger partial charge in [0.1, 0.15) is 29.9 Å². The predicted molar refractivity (Wildman–Crippen MR) is 143 cm³/mol. The van der Waals surface area contributed by atoms with E-state index in [0.29, 0.717) is 13.2 Å². The lowest BCUT2D eigenvalue weighted by Crippen LogP contribution is -2.65. The van der Waals surface area contributed by atoms with E-state index in [1.165, 1.54) is 0 Å². The Hall–Kier alpha value is -1.45. The zero-order valence-electron chi connectivity index (χ0n) is 21.4. The molecule has 0 saturated carbocycles. The third-order valence-electron chi connectivity index (χ3n) is 6.99. The van der Waals surface area contributed by atoms with Gasteiger partial charge in [-0.2, -0.15) is 0 Å². The molecule has 4 rings (SSSR count). The molecule has 1 unspecified atom stereocenters. The van der Waals surface area contributed by atoms with Crippen LogP contribution in [-0.2, 0) is 23.4 Å². The summed E-state index contributed by atoms with van der Waals surface area (Å²) < 4.78 is 32.8. The van der Waals surface area contributed by atoms with Crippen LogP contribution in [-0.4, -0.2) is 51.4 Å². The van der Waals surface area contributed by atoms with E-state index in [1.807, 2.05) is 48.5 Å². The molecule has 0 aliphatic carbocycles. The fourth-order valence-corrected chi connectivity index (χ4v) is 6.51. The topological polar surface area (TPSA) is 46.2 Å². The monoisotopic (exact) mass is 514 g/mol. The highest BCUT2D eigenvalue weighted by Crippen LogP contribution is 2.45. The van der Waals surface area contributed by atoms with Gasteiger partial charge in [-0.15, -0.1) is 6.58 Å². The highest BCUT2D eigenvalue weighted by atomic mass is 32.2. The first-order valence-corrected chi connectivity index (χ1v) is 16.1. The van der Waals surface area contributed by atoms with Crippen LogP contribution in [0.15, 0.2) is 78.2 Å². The molecular weight excluding hydrogens is 476 g/mol. The van der Waals surface area contributed by atoms with Crippen LogP contribution >= 0.6 is 11.8 Å². The van der Waals surface area contributed by atoms with E-state index in [4.69, 9.17) is 23.4 Å². The van der Waals surface area contributed by atoms with Crippen LogP contribution in [0.5, 0.6) is 0 Å². The van der Waals surface area contributed by atoms with Crippen molar-refractivity contribution in [3.8, 4) is 0 Å². The minimum absolute atomic E-state index is 0.0376. The Labute approximate surface area is 215 Å². The van der Waals surface area contributed by atoms with Crippen molar-refractivity contribution in [3.05, 3.63) is 78.9 Å². The summed E-state index contributed by atoms with van der Waals surface area (Å²) >= 11 is 1.66. The van der Waals surface area contributed by atoms with E-state index in [1.54, 1.807) is 17.8 Å². The third-order valence-corrected chi connectivity index (χ3v) is 12.6. The Morgan fingerprint density at radius 1 is 1.00 bits per heavy atom. The van der Waals surface area contributed by atoms with Gasteiger partial charge in [-0.3, -0.25) is 0 Å². The number of ether oxygens (including phenoxy) is 4. The second kappa shape index (κ2) is 11.3. The van der Waals surface area contributed by atoms with E-state index < -0.39 is 14.6 Å². The summed E-state index contributed by atoms with van der Waals surface area (Å²) in [6, 6.07) is 20.3. The van der Waals surface area contributed by atoms with Gasteiger partial charge < -0.3 is 23.4 Å². The number of fused-ring (bicyclic) bond motifs is 1. The van der Waals surface area contributed by atoms with Crippen molar-refractivity contribution in [2.75, 3.05) is 13.2 Å². The van der Waals surface area contributed by atoms with Gasteiger partial charge in [0.05, 0.1) is 13.2 Å². The summed E-state index contributed by atoms with van der Waals surface area (Å²) in [6.45, 7) is 16.0. The number of benzene rings is 2. The van der Waals surface area contributed by atoms with E-state index in [0.717, 1.165) is 10.5 Å². The molecule has 0 bridgehead atoms. The number of rotatable bonds is 8. The van der Waals surface area contributed by atoms with Crippen molar-refractivity contribution in [1.29, 1.82) is 0 Å². The molecule has 2 aliphatic rings. The van der Waals surface area contributed by atoms with Crippen molar-refractivity contribution in [2.24, 2.45) is 0 Å². The molecule has 2 aliphatic heterocycles. The Morgan fingerprint density at radius 2 is 1.66 bits per heavy atom. The molecule has 7 heteroatoms. The largest absolute Gasteiger partial charge is 0.408 e. The minimum atomic E-state index is -2.16. The Balaban J connectivity index is 1.67. The van der Waals surface area contributed by atoms with Gasteiger partial charge in [-0.25, -0.2) is 0 Å². The van der Waals surface area contributed by atoms with Crippen LogP contribution in [0, 0.1) is 0 Å². The summed E-state index contributed by atoms with van der Waals surface area (Å²) in [5, 5.41) is 0.0376. The second-order valence-corrected chi connectivity index (χ2v) is 16.5. The molecule has 0 radical (unpaired) electrons. The molecule has 6 atom stereocenters. The molecule has 190 valence electrons. The summed E-state index contributed by atoms with van der Waals surface area (Å²) in [4.78, 5) is 1.12. The highest BCUT2D eigenvalue weighted by molar-refractivity contribution is 7.99. The highest BCUT2D eigenvalue weighted by Gasteiger charge is 2.54. The van der Waals surface area contributed by atoms with Crippen molar-refractivity contribution >= 4 is 20.1 Å². The van der Waals surface area contributed by atoms with Crippen LogP contribution in [0.1, 0.15) is 32.6 Å². The maximum Gasteiger partial charge on any atom is 0.192 e. The first-order chi connectivity index (χ1) is 16.7. The summed E-state index contributed by atoms with van der Waals surface area (Å²) in [5.41, 5.74) is 0.718. The van der Waals surface area contributed by atoms with Crippen LogP contribution < -0.4 is 0 Å². The van der Waals surface area contributed by atoms with Gasteiger partial charge in [-0.05, 0) is 30.3 Å². The van der Waals surface area contributed by atoms with Crippen LogP contribution in [0.25, 0.3) is 0 Å². The fraction of sp³-hybridized carbons (Fsp3) is 0.500. The summed E-state index contributed by atoms with van der Waals surface area (Å²) in [7, 11) is -2.16. The molecular formula is C28H38O5SSi. The normalized spacial score (nSPS) is 29.4.